The fraction of sp³-hybridized carbons (Fsp3) is 0.357. The molecule has 0 amide bonds. The van der Waals surface area contributed by atoms with Crippen LogP contribution in [-0.4, -0.2) is 16.1 Å². The third kappa shape index (κ3) is 1.61. The van der Waals surface area contributed by atoms with Gasteiger partial charge in [-0.3, -0.25) is 4.90 Å². The van der Waals surface area contributed by atoms with Gasteiger partial charge in [0.25, 0.3) is 0 Å². The molecule has 0 atom stereocenters. The Balaban J connectivity index is 1.67. The Morgan fingerprint density at radius 3 is 2.72 bits per heavy atom. The number of nitrogens with two attached hydrogens (primary N) is 1. The van der Waals surface area contributed by atoms with E-state index in [1.165, 1.54) is 24.0 Å². The molecule has 2 aromatic rings. The predicted molar refractivity (Wildman–Crippen MR) is 68.6 cm³/mol. The normalized spacial score (nSPS) is 19.1. The first-order valence-corrected chi connectivity index (χ1v) is 6.38. The van der Waals surface area contributed by atoms with Crippen LogP contribution in [-0.2, 0) is 13.1 Å². The van der Waals surface area contributed by atoms with Gasteiger partial charge < -0.3 is 10.3 Å². The highest BCUT2D eigenvalue weighted by Gasteiger charge is 2.32. The van der Waals surface area contributed by atoms with Gasteiger partial charge in [-0.05, 0) is 30.0 Å². The molecule has 0 bridgehead atoms. The number of hydrogen-bond donors (Lipinski definition) is 1. The number of nitrogen functional groups attached to an aromatic ring is 1. The SMILES string of the molecule is Nc1cc(-c2ccc3c(c2)CN(C2CC2)C3)no1. The average Bonchev–Trinajstić information content (AvgIpc) is 2.99. The van der Waals surface area contributed by atoms with Crippen molar-refractivity contribution in [1.82, 2.24) is 10.1 Å². The Hall–Kier alpha value is -1.81. The molecule has 0 radical (unpaired) electrons. The number of rotatable bonds is 2. The molecule has 4 heteroatoms. The lowest BCUT2D eigenvalue weighted by molar-refractivity contribution is 0.273. The van der Waals surface area contributed by atoms with Crippen molar-refractivity contribution < 1.29 is 4.52 Å². The largest absolute Gasteiger partial charge is 0.368 e. The zero-order chi connectivity index (χ0) is 12.1. The van der Waals surface area contributed by atoms with Crippen molar-refractivity contribution in [2.24, 2.45) is 0 Å². The second kappa shape index (κ2) is 3.59. The third-order valence-electron chi connectivity index (χ3n) is 3.84. The number of aromatic nitrogens is 1. The van der Waals surface area contributed by atoms with Crippen LogP contribution < -0.4 is 5.73 Å². The van der Waals surface area contributed by atoms with E-state index in [2.05, 4.69) is 28.3 Å². The number of fused-ring (bicyclic) bond motifs is 1. The van der Waals surface area contributed by atoms with Crippen molar-refractivity contribution in [3.63, 3.8) is 0 Å². The maximum atomic E-state index is 5.56. The van der Waals surface area contributed by atoms with Crippen LogP contribution in [0, 0.1) is 0 Å². The first-order chi connectivity index (χ1) is 8.79. The Morgan fingerprint density at radius 1 is 1.17 bits per heavy atom. The van der Waals surface area contributed by atoms with E-state index < -0.39 is 0 Å². The highest BCUT2D eigenvalue weighted by Crippen LogP contribution is 2.36. The summed E-state index contributed by atoms with van der Waals surface area (Å²) in [4.78, 5) is 2.56. The van der Waals surface area contributed by atoms with Gasteiger partial charge in [0, 0.05) is 30.8 Å². The van der Waals surface area contributed by atoms with Crippen LogP contribution >= 0.6 is 0 Å². The van der Waals surface area contributed by atoms with Crippen molar-refractivity contribution in [3.05, 3.63) is 35.4 Å². The lowest BCUT2D eigenvalue weighted by Crippen LogP contribution is -2.18. The molecule has 0 saturated heterocycles. The van der Waals surface area contributed by atoms with E-state index in [9.17, 15) is 0 Å². The van der Waals surface area contributed by atoms with Crippen LogP contribution in [0.3, 0.4) is 0 Å². The van der Waals surface area contributed by atoms with Gasteiger partial charge in [-0.2, -0.15) is 0 Å². The third-order valence-corrected chi connectivity index (χ3v) is 3.84. The topological polar surface area (TPSA) is 55.3 Å². The number of hydrogen-bond acceptors (Lipinski definition) is 4. The smallest absolute Gasteiger partial charge is 0.222 e. The molecule has 1 aromatic heterocycles. The summed E-state index contributed by atoms with van der Waals surface area (Å²) in [7, 11) is 0. The van der Waals surface area contributed by atoms with E-state index in [1.807, 2.05) is 0 Å². The molecular formula is C14H15N3O. The highest BCUT2D eigenvalue weighted by atomic mass is 16.5. The Bertz CT molecular complexity index is 601. The maximum absolute atomic E-state index is 5.56. The van der Waals surface area contributed by atoms with Gasteiger partial charge in [0.1, 0.15) is 5.69 Å². The summed E-state index contributed by atoms with van der Waals surface area (Å²) in [5.74, 6) is 0.366. The summed E-state index contributed by atoms with van der Waals surface area (Å²) >= 11 is 0. The highest BCUT2D eigenvalue weighted by molar-refractivity contribution is 5.63. The van der Waals surface area contributed by atoms with Crippen LogP contribution in [0.1, 0.15) is 24.0 Å². The molecule has 1 fully saturated rings. The summed E-state index contributed by atoms with van der Waals surface area (Å²) in [6, 6.07) is 9.12. The van der Waals surface area contributed by atoms with Gasteiger partial charge in [-0.1, -0.05) is 17.3 Å². The standard InChI is InChI=1S/C14H15N3O/c15-14-6-13(16-18-14)9-1-2-10-7-17(12-3-4-12)8-11(10)5-9/h1-2,5-6,12H,3-4,7-8,15H2. The predicted octanol–water partition coefficient (Wildman–Crippen LogP) is 2.40. The van der Waals surface area contributed by atoms with E-state index in [1.54, 1.807) is 6.07 Å². The molecule has 1 aliphatic carbocycles. The minimum atomic E-state index is 0.366. The quantitative estimate of drug-likeness (QED) is 0.877. The zero-order valence-corrected chi connectivity index (χ0v) is 10.1. The molecule has 1 saturated carbocycles. The second-order valence-corrected chi connectivity index (χ2v) is 5.23. The number of nitrogens with zero attached hydrogens (tertiary/aromatic N) is 2. The lowest BCUT2D eigenvalue weighted by atomic mass is 10.0. The molecule has 18 heavy (non-hydrogen) atoms. The van der Waals surface area contributed by atoms with Crippen molar-refractivity contribution in [1.29, 1.82) is 0 Å². The first kappa shape index (κ1) is 10.1. The average molecular weight is 241 g/mol. The molecule has 2 aliphatic rings. The van der Waals surface area contributed by atoms with Gasteiger partial charge in [-0.15, -0.1) is 0 Å². The molecule has 0 unspecified atom stereocenters. The molecular weight excluding hydrogens is 226 g/mol. The fourth-order valence-corrected chi connectivity index (χ4v) is 2.70. The van der Waals surface area contributed by atoms with Gasteiger partial charge in [0.2, 0.25) is 5.88 Å². The van der Waals surface area contributed by atoms with Gasteiger partial charge in [-0.25, -0.2) is 0 Å². The second-order valence-electron chi connectivity index (χ2n) is 5.23. The molecule has 1 aromatic carbocycles. The van der Waals surface area contributed by atoms with E-state index in [0.29, 0.717) is 5.88 Å². The fourth-order valence-electron chi connectivity index (χ4n) is 2.70. The Labute approximate surface area is 105 Å². The first-order valence-electron chi connectivity index (χ1n) is 6.38. The summed E-state index contributed by atoms with van der Waals surface area (Å²) in [6.07, 6.45) is 2.72. The molecule has 2 N–H and O–H groups in total. The number of anilines is 1. The van der Waals surface area contributed by atoms with Crippen LogP contribution in [0.5, 0.6) is 0 Å². The maximum Gasteiger partial charge on any atom is 0.222 e. The molecule has 2 heterocycles. The minimum Gasteiger partial charge on any atom is -0.368 e. The van der Waals surface area contributed by atoms with Gasteiger partial charge >= 0.3 is 0 Å². The summed E-state index contributed by atoms with van der Waals surface area (Å²) in [5, 5.41) is 3.96. The lowest BCUT2D eigenvalue weighted by Gasteiger charge is -2.11. The van der Waals surface area contributed by atoms with Gasteiger partial charge in [0.05, 0.1) is 0 Å². The van der Waals surface area contributed by atoms with Crippen LogP contribution in [0.2, 0.25) is 0 Å². The summed E-state index contributed by atoms with van der Waals surface area (Å²) in [6.45, 7) is 2.17. The van der Waals surface area contributed by atoms with Crippen molar-refractivity contribution in [2.45, 2.75) is 32.0 Å². The Kier molecular flexibility index (Phi) is 2.02. The minimum absolute atomic E-state index is 0.366. The van der Waals surface area contributed by atoms with Crippen LogP contribution in [0.4, 0.5) is 5.88 Å². The van der Waals surface area contributed by atoms with Crippen LogP contribution in [0.15, 0.2) is 28.8 Å². The molecule has 4 nitrogen and oxygen atoms in total. The Morgan fingerprint density at radius 2 is 2.00 bits per heavy atom. The van der Waals surface area contributed by atoms with Crippen molar-refractivity contribution in [3.8, 4) is 11.3 Å². The van der Waals surface area contributed by atoms with E-state index in [4.69, 9.17) is 10.3 Å². The van der Waals surface area contributed by atoms with Gasteiger partial charge in [0.15, 0.2) is 0 Å². The molecule has 0 spiro atoms. The van der Waals surface area contributed by atoms with Crippen molar-refractivity contribution >= 4 is 5.88 Å². The zero-order valence-electron chi connectivity index (χ0n) is 10.1. The van der Waals surface area contributed by atoms with E-state index >= 15 is 0 Å². The molecule has 4 rings (SSSR count). The summed E-state index contributed by atoms with van der Waals surface area (Å²) < 4.78 is 4.92. The monoisotopic (exact) mass is 241 g/mol. The molecule has 1 aliphatic heterocycles. The number of benzene rings is 1. The van der Waals surface area contributed by atoms with E-state index in [0.717, 1.165) is 30.4 Å². The van der Waals surface area contributed by atoms with Crippen molar-refractivity contribution in [2.75, 3.05) is 5.73 Å². The molecule has 92 valence electrons. The summed E-state index contributed by atoms with van der Waals surface area (Å²) in [5.41, 5.74) is 10.3. The van der Waals surface area contributed by atoms with Crippen LogP contribution in [0.25, 0.3) is 11.3 Å². The van der Waals surface area contributed by atoms with E-state index in [-0.39, 0.29) is 0 Å².